The third kappa shape index (κ3) is 4.49. The van der Waals surface area contributed by atoms with Crippen molar-refractivity contribution in [1.82, 2.24) is 20.3 Å². The number of benzene rings is 1. The summed E-state index contributed by atoms with van der Waals surface area (Å²) in [7, 11) is 3.49. The Balaban J connectivity index is 1.93. The number of rotatable bonds is 8. The molecule has 8 nitrogen and oxygen atoms in total. The molecule has 2 N–H and O–H groups in total. The van der Waals surface area contributed by atoms with Gasteiger partial charge in [-0.3, -0.25) is 9.48 Å². The molecule has 0 spiro atoms. The summed E-state index contributed by atoms with van der Waals surface area (Å²) in [5, 5.41) is 15.3. The van der Waals surface area contributed by atoms with Crippen molar-refractivity contribution in [3.05, 3.63) is 51.8 Å². The predicted molar refractivity (Wildman–Crippen MR) is 116 cm³/mol. The fourth-order valence-corrected chi connectivity index (χ4v) is 3.57. The zero-order valence-electron chi connectivity index (χ0n) is 17.7. The van der Waals surface area contributed by atoms with Crippen LogP contribution < -0.4 is 10.6 Å². The molecule has 0 saturated carbocycles. The second-order valence-corrected chi connectivity index (χ2v) is 7.50. The minimum atomic E-state index is -0.295. The fourth-order valence-electron chi connectivity index (χ4n) is 3.45. The lowest BCUT2D eigenvalue weighted by atomic mass is 10.0. The van der Waals surface area contributed by atoms with E-state index in [0.29, 0.717) is 40.9 Å². The van der Waals surface area contributed by atoms with E-state index in [-0.39, 0.29) is 11.9 Å². The summed E-state index contributed by atoms with van der Waals surface area (Å²) in [5.41, 5.74) is 3.91. The van der Waals surface area contributed by atoms with E-state index in [0.717, 1.165) is 17.0 Å². The van der Waals surface area contributed by atoms with Crippen molar-refractivity contribution in [2.24, 2.45) is 7.05 Å². The van der Waals surface area contributed by atoms with Gasteiger partial charge >= 0.3 is 0 Å². The standard InChI is InChI=1S/C21H26ClN5O3/c1-12(17-13(2)25-27(4)14(17)3)24-21(28)18-19(15-6-8-16(22)9-7-15)30-26-20(18)23-10-11-29-5/h6-9,12H,10-11H2,1-5H3,(H,23,26)(H,24,28). The quantitative estimate of drug-likeness (QED) is 0.525. The summed E-state index contributed by atoms with van der Waals surface area (Å²) in [6, 6.07) is 6.81. The molecular formula is C21H26ClN5O3. The van der Waals surface area contributed by atoms with Crippen molar-refractivity contribution >= 4 is 23.3 Å². The zero-order chi connectivity index (χ0) is 21.8. The molecule has 3 aromatic rings. The highest BCUT2D eigenvalue weighted by Crippen LogP contribution is 2.31. The van der Waals surface area contributed by atoms with Crippen LogP contribution in [0.25, 0.3) is 11.3 Å². The molecule has 2 aromatic heterocycles. The first kappa shape index (κ1) is 21.9. The van der Waals surface area contributed by atoms with E-state index in [1.807, 2.05) is 32.5 Å². The SMILES string of the molecule is COCCNc1noc(-c2ccc(Cl)cc2)c1C(=O)NC(C)c1c(C)nn(C)c1C. The normalized spacial score (nSPS) is 12.1. The minimum Gasteiger partial charge on any atom is -0.383 e. The van der Waals surface area contributed by atoms with E-state index < -0.39 is 0 Å². The molecule has 3 rings (SSSR count). The third-order valence-corrected chi connectivity index (χ3v) is 5.22. The van der Waals surface area contributed by atoms with Crippen molar-refractivity contribution in [3.8, 4) is 11.3 Å². The van der Waals surface area contributed by atoms with Crippen LogP contribution in [0.2, 0.25) is 5.02 Å². The highest BCUT2D eigenvalue weighted by molar-refractivity contribution is 6.30. The van der Waals surface area contributed by atoms with Gasteiger partial charge in [0.15, 0.2) is 11.6 Å². The summed E-state index contributed by atoms with van der Waals surface area (Å²) in [4.78, 5) is 13.3. The van der Waals surface area contributed by atoms with Crippen LogP contribution in [-0.4, -0.2) is 41.1 Å². The first-order chi connectivity index (χ1) is 14.3. The summed E-state index contributed by atoms with van der Waals surface area (Å²) in [6.45, 7) is 6.80. The van der Waals surface area contributed by atoms with E-state index in [1.54, 1.807) is 31.4 Å². The van der Waals surface area contributed by atoms with E-state index in [2.05, 4.69) is 20.9 Å². The first-order valence-electron chi connectivity index (χ1n) is 9.62. The highest BCUT2D eigenvalue weighted by atomic mass is 35.5. The van der Waals surface area contributed by atoms with Gasteiger partial charge in [0, 0.05) is 42.5 Å². The van der Waals surface area contributed by atoms with Crippen LogP contribution in [0.3, 0.4) is 0 Å². The van der Waals surface area contributed by atoms with Gasteiger partial charge in [-0.25, -0.2) is 0 Å². The van der Waals surface area contributed by atoms with Gasteiger partial charge in [-0.1, -0.05) is 16.8 Å². The van der Waals surface area contributed by atoms with E-state index in [1.165, 1.54) is 0 Å². The molecular weight excluding hydrogens is 406 g/mol. The summed E-state index contributed by atoms with van der Waals surface area (Å²) >= 11 is 6.00. The van der Waals surface area contributed by atoms with Crippen molar-refractivity contribution in [1.29, 1.82) is 0 Å². The Morgan fingerprint density at radius 1 is 1.30 bits per heavy atom. The molecule has 0 aliphatic carbocycles. The van der Waals surface area contributed by atoms with Crippen LogP contribution in [0, 0.1) is 13.8 Å². The number of nitrogens with one attached hydrogen (secondary N) is 2. The minimum absolute atomic E-state index is 0.244. The number of hydrogen-bond donors (Lipinski definition) is 2. The number of carbonyl (C=O) groups is 1. The molecule has 0 aliphatic rings. The number of aromatic nitrogens is 3. The van der Waals surface area contributed by atoms with Crippen molar-refractivity contribution in [2.45, 2.75) is 26.8 Å². The summed E-state index contributed by atoms with van der Waals surface area (Å²) < 4.78 is 12.4. The molecule has 0 saturated heterocycles. The average molecular weight is 432 g/mol. The van der Waals surface area contributed by atoms with Crippen molar-refractivity contribution in [2.75, 3.05) is 25.6 Å². The van der Waals surface area contributed by atoms with Crippen molar-refractivity contribution < 1.29 is 14.1 Å². The number of anilines is 1. The van der Waals surface area contributed by atoms with Crippen LogP contribution in [0.1, 0.15) is 40.3 Å². The third-order valence-electron chi connectivity index (χ3n) is 4.97. The maximum atomic E-state index is 13.3. The van der Waals surface area contributed by atoms with Crippen LogP contribution in [0.5, 0.6) is 0 Å². The van der Waals surface area contributed by atoms with Crippen LogP contribution in [0.15, 0.2) is 28.8 Å². The monoisotopic (exact) mass is 431 g/mol. The Hall–Kier alpha value is -2.84. The molecule has 30 heavy (non-hydrogen) atoms. The Morgan fingerprint density at radius 3 is 2.60 bits per heavy atom. The molecule has 0 fully saturated rings. The second-order valence-electron chi connectivity index (χ2n) is 7.07. The fraction of sp³-hybridized carbons (Fsp3) is 0.381. The van der Waals surface area contributed by atoms with E-state index in [4.69, 9.17) is 20.9 Å². The summed E-state index contributed by atoms with van der Waals surface area (Å²) in [5.74, 6) is 0.438. The smallest absolute Gasteiger partial charge is 0.259 e. The van der Waals surface area contributed by atoms with Gasteiger partial charge in [0.2, 0.25) is 0 Å². The molecule has 1 unspecified atom stereocenters. The lowest BCUT2D eigenvalue weighted by Gasteiger charge is -2.15. The van der Waals surface area contributed by atoms with Gasteiger partial charge in [-0.15, -0.1) is 0 Å². The topological polar surface area (TPSA) is 94.2 Å². The van der Waals surface area contributed by atoms with E-state index >= 15 is 0 Å². The van der Waals surface area contributed by atoms with Gasteiger partial charge < -0.3 is 19.9 Å². The number of amides is 1. The van der Waals surface area contributed by atoms with Crippen LogP contribution in [-0.2, 0) is 11.8 Å². The van der Waals surface area contributed by atoms with Gasteiger partial charge in [-0.05, 0) is 45.0 Å². The van der Waals surface area contributed by atoms with Gasteiger partial charge in [0.1, 0.15) is 5.56 Å². The van der Waals surface area contributed by atoms with Gasteiger partial charge in [0.25, 0.3) is 5.91 Å². The van der Waals surface area contributed by atoms with Gasteiger partial charge in [-0.2, -0.15) is 5.10 Å². The number of ether oxygens (including phenoxy) is 1. The largest absolute Gasteiger partial charge is 0.383 e. The Kier molecular flexibility index (Phi) is 6.79. The Labute approximate surface area is 180 Å². The molecule has 2 heterocycles. The molecule has 0 radical (unpaired) electrons. The predicted octanol–water partition coefficient (Wildman–Crippen LogP) is 3.89. The molecule has 9 heteroatoms. The maximum absolute atomic E-state index is 13.3. The molecule has 1 atom stereocenters. The number of aryl methyl sites for hydroxylation is 2. The molecule has 0 bridgehead atoms. The highest BCUT2D eigenvalue weighted by Gasteiger charge is 2.27. The second kappa shape index (κ2) is 9.32. The van der Waals surface area contributed by atoms with Crippen LogP contribution in [0.4, 0.5) is 5.82 Å². The average Bonchev–Trinajstić information content (AvgIpc) is 3.23. The lowest BCUT2D eigenvalue weighted by molar-refractivity contribution is 0.0940. The van der Waals surface area contributed by atoms with Gasteiger partial charge in [0.05, 0.1) is 18.3 Å². The number of methoxy groups -OCH3 is 1. The Bertz CT molecular complexity index is 1030. The Morgan fingerprint density at radius 2 is 2.00 bits per heavy atom. The maximum Gasteiger partial charge on any atom is 0.259 e. The molecule has 1 amide bonds. The molecule has 1 aromatic carbocycles. The number of nitrogens with zero attached hydrogens (tertiary/aromatic N) is 3. The molecule has 0 aliphatic heterocycles. The lowest BCUT2D eigenvalue weighted by Crippen LogP contribution is -2.28. The zero-order valence-corrected chi connectivity index (χ0v) is 18.5. The number of halogens is 1. The first-order valence-corrected chi connectivity index (χ1v) is 10.0. The van der Waals surface area contributed by atoms with E-state index in [9.17, 15) is 4.79 Å². The number of hydrogen-bond acceptors (Lipinski definition) is 6. The summed E-state index contributed by atoms with van der Waals surface area (Å²) in [6.07, 6.45) is 0. The van der Waals surface area contributed by atoms with Crippen LogP contribution >= 0.6 is 11.6 Å². The van der Waals surface area contributed by atoms with Crippen molar-refractivity contribution in [3.63, 3.8) is 0 Å². The molecule has 160 valence electrons. The number of carbonyl (C=O) groups excluding carboxylic acids is 1.